The van der Waals surface area contributed by atoms with Gasteiger partial charge in [-0.25, -0.2) is 13.4 Å². The van der Waals surface area contributed by atoms with Crippen LogP contribution in [0, 0.1) is 18.3 Å². The highest BCUT2D eigenvalue weighted by molar-refractivity contribution is 7.94. The van der Waals surface area contributed by atoms with Gasteiger partial charge >= 0.3 is 0 Å². The topological polar surface area (TPSA) is 253 Å². The van der Waals surface area contributed by atoms with Crippen LogP contribution in [0.4, 0.5) is 34.4 Å². The minimum absolute atomic E-state index is 0.00324. The molecule has 0 saturated carbocycles. The second-order valence-electron chi connectivity index (χ2n) is 9.97. The van der Waals surface area contributed by atoms with E-state index < -0.39 is 35.0 Å². The quantitative estimate of drug-likeness (QED) is 0.0998. The maximum Gasteiger partial charge on any atom is 0.296 e. The van der Waals surface area contributed by atoms with Gasteiger partial charge in [0.25, 0.3) is 20.2 Å². The molecular formula is C28H32N8O9S3. The van der Waals surface area contributed by atoms with E-state index in [1.54, 1.807) is 14.0 Å². The molecule has 0 fully saturated rings. The molecule has 0 atom stereocenters. The molecule has 256 valence electrons. The number of nitrogens with one attached hydrogen (secondary N) is 1. The van der Waals surface area contributed by atoms with Crippen LogP contribution >= 0.6 is 0 Å². The van der Waals surface area contributed by atoms with E-state index in [2.05, 4.69) is 43.4 Å². The molecule has 0 saturated heterocycles. The highest BCUT2D eigenvalue weighted by Gasteiger charge is 2.22. The van der Waals surface area contributed by atoms with Crippen molar-refractivity contribution in [3.63, 3.8) is 0 Å². The van der Waals surface area contributed by atoms with Gasteiger partial charge < -0.3 is 15.0 Å². The van der Waals surface area contributed by atoms with Crippen LogP contribution in [-0.4, -0.2) is 78.9 Å². The van der Waals surface area contributed by atoms with Crippen LogP contribution in [0.3, 0.4) is 0 Å². The van der Waals surface area contributed by atoms with E-state index in [9.17, 15) is 35.1 Å². The number of aromatic nitrogens is 1. The maximum atomic E-state index is 12.3. The van der Waals surface area contributed by atoms with E-state index in [1.807, 2.05) is 0 Å². The van der Waals surface area contributed by atoms with Crippen molar-refractivity contribution in [3.8, 4) is 6.07 Å². The number of hydrogen-bond donors (Lipinski definition) is 3. The summed E-state index contributed by atoms with van der Waals surface area (Å²) in [6.45, 7) is 5.65. The molecule has 2 aromatic carbocycles. The zero-order valence-corrected chi connectivity index (χ0v) is 28.4. The third kappa shape index (κ3) is 10.2. The van der Waals surface area contributed by atoms with Crippen LogP contribution < -0.4 is 10.2 Å². The lowest BCUT2D eigenvalue weighted by molar-refractivity contribution is 0.198. The van der Waals surface area contributed by atoms with Crippen LogP contribution in [-0.2, 0) is 34.8 Å². The third-order valence-electron chi connectivity index (χ3n) is 6.55. The van der Waals surface area contributed by atoms with Gasteiger partial charge in [0, 0.05) is 44.8 Å². The lowest BCUT2D eigenvalue weighted by Crippen LogP contribution is -2.26. The normalized spacial score (nSPS) is 12.3. The van der Waals surface area contributed by atoms with Crippen molar-refractivity contribution in [2.45, 2.75) is 23.1 Å². The number of anilines is 2. The number of nitriles is 1. The molecule has 17 nitrogen and oxygen atoms in total. The summed E-state index contributed by atoms with van der Waals surface area (Å²) in [6.07, 6.45) is 0.560. The number of methoxy groups -OCH3 is 1. The van der Waals surface area contributed by atoms with Gasteiger partial charge in [-0.15, -0.1) is 10.2 Å². The predicted molar refractivity (Wildman–Crippen MR) is 177 cm³/mol. The van der Waals surface area contributed by atoms with E-state index in [0.717, 1.165) is 23.6 Å². The van der Waals surface area contributed by atoms with Gasteiger partial charge in [0.05, 0.1) is 27.6 Å². The van der Waals surface area contributed by atoms with E-state index in [4.69, 9.17) is 9.29 Å². The molecule has 0 aliphatic rings. The Hall–Kier alpha value is -4.65. The SMILES string of the molecule is C=CS(=O)(=O)CCN(C)c1nc(NCCCOC)c(/N=N/c2ccc(/N=N/c3ccc(S(=O)(=O)O)cc3)cc2S(=O)(=O)O)c(C)c1C#N. The highest BCUT2D eigenvalue weighted by atomic mass is 32.2. The number of pyridine rings is 1. The van der Waals surface area contributed by atoms with Crippen LogP contribution in [0.25, 0.3) is 0 Å². The van der Waals surface area contributed by atoms with Crippen molar-refractivity contribution < 1.29 is 39.1 Å². The standard InChI is InChI=1S/C28H32N8O9S3/c1-5-46(37,38)16-14-36(3)28-23(18-29)19(2)26(27(31-28)30-13-6-15-45-4)35-34-24-12-9-21(17-25(24)48(42,43)44)33-32-20-7-10-22(11-8-20)47(39,40)41/h5,7-12,17H,1,6,13-16H2,2-4H3,(H,30,31)(H,39,40,41)(H,42,43,44)/b33-32+,35-34+. The lowest BCUT2D eigenvalue weighted by atomic mass is 10.1. The molecule has 1 heterocycles. The minimum Gasteiger partial charge on any atom is -0.385 e. The molecule has 3 aromatic rings. The molecule has 1 aromatic heterocycles. The molecule has 0 spiro atoms. The van der Waals surface area contributed by atoms with Crippen molar-refractivity contribution >= 4 is 64.5 Å². The van der Waals surface area contributed by atoms with E-state index in [1.165, 1.54) is 36.3 Å². The molecule has 0 amide bonds. The lowest BCUT2D eigenvalue weighted by Gasteiger charge is -2.22. The fourth-order valence-electron chi connectivity index (χ4n) is 3.97. The van der Waals surface area contributed by atoms with Gasteiger partial charge in [-0.2, -0.15) is 32.3 Å². The highest BCUT2D eigenvalue weighted by Crippen LogP contribution is 2.37. The van der Waals surface area contributed by atoms with Gasteiger partial charge in [-0.3, -0.25) is 9.11 Å². The van der Waals surface area contributed by atoms with Gasteiger partial charge in [-0.1, -0.05) is 6.58 Å². The average molecular weight is 721 g/mol. The summed E-state index contributed by atoms with van der Waals surface area (Å²) >= 11 is 0. The van der Waals surface area contributed by atoms with E-state index in [-0.39, 0.29) is 57.1 Å². The van der Waals surface area contributed by atoms with E-state index >= 15 is 0 Å². The van der Waals surface area contributed by atoms with Gasteiger partial charge in [0.2, 0.25) is 0 Å². The summed E-state index contributed by atoms with van der Waals surface area (Å²) in [4.78, 5) is 5.02. The Bertz CT molecular complexity index is 2100. The number of azo groups is 2. The van der Waals surface area contributed by atoms with Crippen molar-refractivity contribution in [1.29, 1.82) is 5.26 Å². The largest absolute Gasteiger partial charge is 0.385 e. The molecule has 20 heteroatoms. The maximum absolute atomic E-state index is 12.3. The molecule has 0 unspecified atom stereocenters. The van der Waals surface area contributed by atoms with Crippen molar-refractivity contribution in [3.05, 3.63) is 65.6 Å². The molecule has 3 rings (SSSR count). The number of hydrogen-bond acceptors (Lipinski definition) is 15. The van der Waals surface area contributed by atoms with Crippen molar-refractivity contribution in [1.82, 2.24) is 4.98 Å². The first-order chi connectivity index (χ1) is 22.5. The monoisotopic (exact) mass is 720 g/mol. The van der Waals surface area contributed by atoms with Crippen molar-refractivity contribution in [2.75, 3.05) is 49.8 Å². The minimum atomic E-state index is -4.87. The van der Waals surface area contributed by atoms with Gasteiger partial charge in [0.1, 0.15) is 28.2 Å². The Morgan fingerprint density at radius 3 is 2.23 bits per heavy atom. The first-order valence-corrected chi connectivity index (χ1v) is 18.4. The Labute approximate surface area is 278 Å². The first-order valence-electron chi connectivity index (χ1n) is 13.8. The van der Waals surface area contributed by atoms with Crippen molar-refractivity contribution in [2.24, 2.45) is 20.5 Å². The smallest absolute Gasteiger partial charge is 0.296 e. The van der Waals surface area contributed by atoms with Gasteiger partial charge in [-0.05, 0) is 55.8 Å². The Morgan fingerprint density at radius 2 is 1.65 bits per heavy atom. The summed E-state index contributed by atoms with van der Waals surface area (Å²) in [7, 11) is -9.70. The average Bonchev–Trinajstić information content (AvgIpc) is 3.03. The van der Waals surface area contributed by atoms with Crippen LogP contribution in [0.5, 0.6) is 0 Å². The summed E-state index contributed by atoms with van der Waals surface area (Å²) in [5, 5.41) is 30.0. The fourth-order valence-corrected chi connectivity index (χ4v) is 5.79. The Balaban J connectivity index is 2.05. The van der Waals surface area contributed by atoms with Crippen LogP contribution in [0.1, 0.15) is 17.5 Å². The number of nitrogens with zero attached hydrogens (tertiary/aromatic N) is 7. The number of ether oxygens (including phenoxy) is 1. The summed E-state index contributed by atoms with van der Waals surface area (Å²) in [5.74, 6) is 0.0624. The summed E-state index contributed by atoms with van der Waals surface area (Å²) in [5.41, 5.74) is 0.332. The van der Waals surface area contributed by atoms with Crippen LogP contribution in [0.15, 0.2) is 84.7 Å². The Kier molecular flexibility index (Phi) is 12.6. The van der Waals surface area contributed by atoms with Crippen LogP contribution in [0.2, 0.25) is 0 Å². The molecule has 0 aliphatic heterocycles. The number of rotatable bonds is 16. The molecule has 48 heavy (non-hydrogen) atoms. The first kappa shape index (κ1) is 37.8. The fraction of sp³-hybridized carbons (Fsp3) is 0.286. The molecular weight excluding hydrogens is 689 g/mol. The summed E-state index contributed by atoms with van der Waals surface area (Å²) < 4.78 is 95.2. The molecule has 0 aliphatic carbocycles. The molecule has 0 bridgehead atoms. The second-order valence-corrected chi connectivity index (χ2v) is 14.8. The zero-order valence-electron chi connectivity index (χ0n) is 26.0. The number of sulfone groups is 1. The summed E-state index contributed by atoms with van der Waals surface area (Å²) in [6, 6.07) is 10.3. The van der Waals surface area contributed by atoms with E-state index in [0.29, 0.717) is 25.1 Å². The second kappa shape index (κ2) is 16.0. The predicted octanol–water partition coefficient (Wildman–Crippen LogP) is 5.03. The molecule has 3 N–H and O–H groups in total. The molecule has 0 radical (unpaired) electrons. The number of benzene rings is 2. The zero-order chi connectivity index (χ0) is 35.7. The Morgan fingerprint density at radius 1 is 1.00 bits per heavy atom. The van der Waals surface area contributed by atoms with Gasteiger partial charge in [0.15, 0.2) is 15.7 Å². The third-order valence-corrected chi connectivity index (χ3v) is 9.56.